The lowest BCUT2D eigenvalue weighted by molar-refractivity contribution is 0.453. The number of hydrogen-bond donors (Lipinski definition) is 2. The number of aromatic hydroxyl groups is 1. The van der Waals surface area contributed by atoms with Crippen molar-refractivity contribution in [3.05, 3.63) is 35.5 Å². The topological polar surface area (TPSA) is 61.3 Å². The van der Waals surface area contributed by atoms with Gasteiger partial charge in [-0.05, 0) is 18.4 Å². The van der Waals surface area contributed by atoms with Crippen LogP contribution >= 0.6 is 11.8 Å². The predicted octanol–water partition coefficient (Wildman–Crippen LogP) is 3.09. The summed E-state index contributed by atoms with van der Waals surface area (Å²) in [6.45, 7) is 0. The third-order valence-electron chi connectivity index (χ3n) is 2.74. The van der Waals surface area contributed by atoms with E-state index in [9.17, 15) is 5.11 Å². The number of para-hydroxylation sites is 1. The second kappa shape index (κ2) is 4.34. The largest absolute Gasteiger partial charge is 0.492 e. The van der Waals surface area contributed by atoms with Gasteiger partial charge in [-0.3, -0.25) is 4.99 Å². The van der Waals surface area contributed by atoms with Crippen LogP contribution in [0.2, 0.25) is 0 Å². The lowest BCUT2D eigenvalue weighted by Gasteiger charge is -1.97. The van der Waals surface area contributed by atoms with Crippen LogP contribution in [0.4, 0.5) is 5.69 Å². The molecule has 0 bridgehead atoms. The molecular formula is C13H11N3OS. The zero-order chi connectivity index (χ0) is 12.5. The number of aromatic nitrogens is 2. The van der Waals surface area contributed by atoms with Crippen LogP contribution in [-0.4, -0.2) is 27.5 Å². The maximum atomic E-state index is 9.73. The van der Waals surface area contributed by atoms with Crippen LogP contribution < -0.4 is 0 Å². The first-order valence-electron chi connectivity index (χ1n) is 5.46. The first-order valence-corrected chi connectivity index (χ1v) is 6.68. The maximum Gasteiger partial charge on any atom is 0.237 e. The van der Waals surface area contributed by atoms with Gasteiger partial charge in [-0.15, -0.1) is 0 Å². The van der Waals surface area contributed by atoms with Gasteiger partial charge in [0.05, 0.1) is 5.69 Å². The zero-order valence-corrected chi connectivity index (χ0v) is 10.5. The van der Waals surface area contributed by atoms with E-state index in [1.807, 2.05) is 36.6 Å². The number of nitrogens with zero attached hydrogens (tertiary/aromatic N) is 2. The molecule has 0 saturated heterocycles. The number of thioether (sulfide) groups is 1. The van der Waals surface area contributed by atoms with Crippen LogP contribution in [0.5, 0.6) is 5.88 Å². The van der Waals surface area contributed by atoms with E-state index in [2.05, 4.69) is 15.0 Å². The number of imidazole rings is 1. The smallest absolute Gasteiger partial charge is 0.237 e. The van der Waals surface area contributed by atoms with E-state index < -0.39 is 0 Å². The lowest BCUT2D eigenvalue weighted by atomic mass is 10.1. The van der Waals surface area contributed by atoms with Crippen LogP contribution in [0.3, 0.4) is 0 Å². The molecule has 0 unspecified atom stereocenters. The molecule has 4 nitrogen and oxygen atoms in total. The van der Waals surface area contributed by atoms with Crippen LogP contribution in [-0.2, 0) is 0 Å². The molecule has 1 aromatic carbocycles. The number of allylic oxidation sites excluding steroid dienone is 1. The molecule has 2 aromatic rings. The van der Waals surface area contributed by atoms with Crippen molar-refractivity contribution < 1.29 is 5.11 Å². The fraction of sp³-hybridized carbons (Fsp3) is 0.0769. The maximum absolute atomic E-state index is 9.73. The van der Waals surface area contributed by atoms with Gasteiger partial charge in [0.1, 0.15) is 5.69 Å². The molecule has 0 atom stereocenters. The number of aromatic amines is 1. The van der Waals surface area contributed by atoms with Crippen molar-refractivity contribution in [2.75, 3.05) is 6.26 Å². The van der Waals surface area contributed by atoms with Gasteiger partial charge in [0, 0.05) is 17.4 Å². The van der Waals surface area contributed by atoms with E-state index in [1.165, 1.54) is 11.8 Å². The molecule has 0 fully saturated rings. The van der Waals surface area contributed by atoms with Gasteiger partial charge >= 0.3 is 0 Å². The Morgan fingerprint density at radius 3 is 2.94 bits per heavy atom. The number of fused-ring (bicyclic) bond motifs is 1. The molecule has 18 heavy (non-hydrogen) atoms. The fourth-order valence-corrected chi connectivity index (χ4v) is 2.25. The highest BCUT2D eigenvalue weighted by Crippen LogP contribution is 2.33. The van der Waals surface area contributed by atoms with Gasteiger partial charge in [0.25, 0.3) is 0 Å². The van der Waals surface area contributed by atoms with Gasteiger partial charge in [0.15, 0.2) is 5.16 Å². The molecule has 2 N–H and O–H groups in total. The second-order valence-electron chi connectivity index (χ2n) is 3.86. The molecule has 0 spiro atoms. The van der Waals surface area contributed by atoms with Crippen LogP contribution in [0.1, 0.15) is 11.3 Å². The Labute approximate surface area is 108 Å². The van der Waals surface area contributed by atoms with E-state index in [4.69, 9.17) is 0 Å². The number of aliphatic imine (C=N–C) groups is 1. The van der Waals surface area contributed by atoms with Crippen molar-refractivity contribution in [1.29, 1.82) is 0 Å². The summed E-state index contributed by atoms with van der Waals surface area (Å²) < 4.78 is 0. The lowest BCUT2D eigenvalue weighted by Crippen LogP contribution is -1.81. The minimum absolute atomic E-state index is 0.0182. The number of nitrogens with one attached hydrogen (secondary N) is 1. The van der Waals surface area contributed by atoms with Gasteiger partial charge < -0.3 is 10.1 Å². The van der Waals surface area contributed by atoms with Crippen molar-refractivity contribution in [2.24, 2.45) is 4.99 Å². The van der Waals surface area contributed by atoms with Gasteiger partial charge in [0.2, 0.25) is 5.88 Å². The highest BCUT2D eigenvalue weighted by atomic mass is 32.2. The molecule has 2 heterocycles. The Kier molecular flexibility index (Phi) is 2.68. The molecule has 0 amide bonds. The Balaban J connectivity index is 2.03. The summed E-state index contributed by atoms with van der Waals surface area (Å²) in [5.41, 5.74) is 3.60. The standard InChI is InChI=1S/C13H11N3OS/c1-18-13-15-11(12(17)16-13)6-8-7-14-10-5-3-2-4-9(8)10/h2-7,17H,1H3,(H,15,16)/b8-6+. The SMILES string of the molecule is CSc1nc(O)c(/C=C2\C=Nc3ccccc32)[nH]1. The molecule has 5 heteroatoms. The Bertz CT molecular complexity index is 658. The van der Waals surface area contributed by atoms with E-state index in [1.54, 1.807) is 6.21 Å². The normalized spacial score (nSPS) is 15.3. The number of benzene rings is 1. The van der Waals surface area contributed by atoms with Crippen LogP contribution in [0, 0.1) is 0 Å². The van der Waals surface area contributed by atoms with Crippen molar-refractivity contribution in [3.8, 4) is 5.88 Å². The van der Waals surface area contributed by atoms with Crippen molar-refractivity contribution in [3.63, 3.8) is 0 Å². The van der Waals surface area contributed by atoms with E-state index in [0.29, 0.717) is 10.9 Å². The Morgan fingerprint density at radius 1 is 1.33 bits per heavy atom. The minimum atomic E-state index is 0.0182. The molecular weight excluding hydrogens is 246 g/mol. The molecule has 90 valence electrons. The molecule has 1 aliphatic rings. The predicted molar refractivity (Wildman–Crippen MR) is 74.5 cm³/mol. The average Bonchev–Trinajstić information content (AvgIpc) is 2.95. The average molecular weight is 257 g/mol. The van der Waals surface area contributed by atoms with Gasteiger partial charge in [-0.1, -0.05) is 30.0 Å². The highest BCUT2D eigenvalue weighted by Gasteiger charge is 2.13. The second-order valence-corrected chi connectivity index (χ2v) is 4.65. The summed E-state index contributed by atoms with van der Waals surface area (Å²) in [5.74, 6) is 0.0182. The van der Waals surface area contributed by atoms with Crippen LogP contribution in [0.25, 0.3) is 11.6 Å². The molecule has 1 aliphatic heterocycles. The van der Waals surface area contributed by atoms with Crippen molar-refractivity contribution in [2.45, 2.75) is 5.16 Å². The Hall–Kier alpha value is -2.01. The minimum Gasteiger partial charge on any atom is -0.492 e. The zero-order valence-electron chi connectivity index (χ0n) is 9.71. The van der Waals surface area contributed by atoms with Crippen LogP contribution in [0.15, 0.2) is 34.4 Å². The first kappa shape index (κ1) is 11.1. The fourth-order valence-electron chi connectivity index (χ4n) is 1.86. The molecule has 0 radical (unpaired) electrons. The quantitative estimate of drug-likeness (QED) is 0.813. The summed E-state index contributed by atoms with van der Waals surface area (Å²) in [7, 11) is 0. The molecule has 1 aromatic heterocycles. The van der Waals surface area contributed by atoms with E-state index in [-0.39, 0.29) is 5.88 Å². The summed E-state index contributed by atoms with van der Waals surface area (Å²) >= 11 is 1.46. The van der Waals surface area contributed by atoms with Crippen molar-refractivity contribution >= 4 is 35.3 Å². The molecule has 0 saturated carbocycles. The molecule has 3 rings (SSSR count). The van der Waals surface area contributed by atoms with Gasteiger partial charge in [-0.25, -0.2) is 0 Å². The number of rotatable bonds is 2. The third kappa shape index (κ3) is 1.82. The third-order valence-corrected chi connectivity index (χ3v) is 3.32. The summed E-state index contributed by atoms with van der Waals surface area (Å²) in [4.78, 5) is 11.4. The number of H-pyrrole nitrogens is 1. The number of hydrogen-bond acceptors (Lipinski definition) is 4. The highest BCUT2D eigenvalue weighted by molar-refractivity contribution is 7.98. The summed E-state index contributed by atoms with van der Waals surface area (Å²) in [6.07, 6.45) is 5.56. The first-order chi connectivity index (χ1) is 8.78. The Morgan fingerprint density at radius 2 is 2.17 bits per heavy atom. The molecule has 0 aliphatic carbocycles. The monoisotopic (exact) mass is 257 g/mol. The van der Waals surface area contributed by atoms with Gasteiger partial charge in [-0.2, -0.15) is 4.98 Å². The van der Waals surface area contributed by atoms with E-state index >= 15 is 0 Å². The summed E-state index contributed by atoms with van der Waals surface area (Å²) in [5, 5.41) is 10.4. The van der Waals surface area contributed by atoms with E-state index in [0.717, 1.165) is 16.8 Å². The van der Waals surface area contributed by atoms with Crippen molar-refractivity contribution in [1.82, 2.24) is 9.97 Å². The summed E-state index contributed by atoms with van der Waals surface area (Å²) in [6, 6.07) is 7.91.